The van der Waals surface area contributed by atoms with E-state index in [9.17, 15) is 0 Å². The van der Waals surface area contributed by atoms with Crippen molar-refractivity contribution in [2.75, 3.05) is 19.8 Å². The standard InChI is InChI=1S/C13H30BNO6.C2H5O/c1-7-13(8-2,9-3)15-12(6)18-21-14(19-16-10-4)20-17-11-5;1-2-3/h12,15H,7-11H2,1-6H3;2H2,1H3/q;-1/p+1. The largest absolute Gasteiger partial charge is 0.855 e. The van der Waals surface area contributed by atoms with Crippen LogP contribution in [0.5, 0.6) is 0 Å². The Morgan fingerprint density at radius 1 is 0.875 bits per heavy atom. The first-order chi connectivity index (χ1) is 11.5. The molecule has 2 N–H and O–H groups in total. The van der Waals surface area contributed by atoms with E-state index < -0.39 is 7.32 Å². The van der Waals surface area contributed by atoms with Crippen molar-refractivity contribution in [1.29, 1.82) is 0 Å². The summed E-state index contributed by atoms with van der Waals surface area (Å²) in [4.78, 5) is 29.6. The molecule has 0 aromatic rings. The quantitative estimate of drug-likeness (QED) is 0.216. The molecule has 0 aromatic carbocycles. The lowest BCUT2D eigenvalue weighted by atomic mass is 9.90. The van der Waals surface area contributed by atoms with Gasteiger partial charge in [0.05, 0.1) is 18.8 Å². The molecule has 0 aliphatic rings. The number of hydrogen-bond acceptors (Lipinski definition) is 7. The topological polar surface area (TPSA) is 95.1 Å². The Bertz CT molecular complexity index is 242. The van der Waals surface area contributed by atoms with Crippen molar-refractivity contribution < 1.29 is 39.5 Å². The Morgan fingerprint density at radius 2 is 1.29 bits per heavy atom. The monoisotopic (exact) mass is 353 g/mol. The molecule has 9 heteroatoms. The van der Waals surface area contributed by atoms with E-state index in [-0.39, 0.29) is 18.4 Å². The molecule has 1 unspecified atom stereocenters. The summed E-state index contributed by atoms with van der Waals surface area (Å²) < 4.78 is 0. The maximum absolute atomic E-state index is 8.93. The highest BCUT2D eigenvalue weighted by atomic mass is 17.3. The molecule has 0 radical (unpaired) electrons. The lowest BCUT2D eigenvalue weighted by Crippen LogP contribution is -3.00. The SMILES string of the molecule is CCOOB(OOCC)OOC(C)[NH2+]C(CC)(CC)CC.CC[O-]. The molecule has 0 bridgehead atoms. The third-order valence-corrected chi connectivity index (χ3v) is 3.52. The van der Waals surface area contributed by atoms with Crippen molar-refractivity contribution in [3.05, 3.63) is 0 Å². The minimum Gasteiger partial charge on any atom is -0.855 e. The predicted octanol–water partition coefficient (Wildman–Crippen LogP) is 1.10. The fraction of sp³-hybridized carbons (Fsp3) is 1.00. The zero-order valence-corrected chi connectivity index (χ0v) is 16.3. The summed E-state index contributed by atoms with van der Waals surface area (Å²) in [7, 11) is -1.18. The van der Waals surface area contributed by atoms with Gasteiger partial charge in [0.25, 0.3) is 0 Å². The molecule has 0 saturated carbocycles. The highest BCUT2D eigenvalue weighted by Gasteiger charge is 2.33. The summed E-state index contributed by atoms with van der Waals surface area (Å²) in [6.45, 7) is 14.3. The zero-order valence-electron chi connectivity index (χ0n) is 16.3. The van der Waals surface area contributed by atoms with E-state index in [1.165, 1.54) is 0 Å². The second-order valence-electron chi connectivity index (χ2n) is 5.07. The van der Waals surface area contributed by atoms with Crippen molar-refractivity contribution in [3.8, 4) is 0 Å². The van der Waals surface area contributed by atoms with E-state index >= 15 is 0 Å². The van der Waals surface area contributed by atoms with Crippen LogP contribution in [0.15, 0.2) is 0 Å². The predicted molar refractivity (Wildman–Crippen MR) is 88.9 cm³/mol. The van der Waals surface area contributed by atoms with Crippen LogP contribution in [0.2, 0.25) is 0 Å². The number of quaternary nitrogens is 1. The van der Waals surface area contributed by atoms with Crippen molar-refractivity contribution in [1.82, 2.24) is 0 Å². The van der Waals surface area contributed by atoms with E-state index in [2.05, 4.69) is 26.1 Å². The van der Waals surface area contributed by atoms with Crippen molar-refractivity contribution in [2.45, 2.75) is 79.5 Å². The molecule has 0 aliphatic heterocycles. The molecular formula is C15H36BNO7. The van der Waals surface area contributed by atoms with Crippen molar-refractivity contribution in [2.24, 2.45) is 0 Å². The van der Waals surface area contributed by atoms with Gasteiger partial charge >= 0.3 is 7.32 Å². The highest BCUT2D eigenvalue weighted by Crippen LogP contribution is 2.14. The Hall–Kier alpha value is -0.255. The first-order valence-corrected chi connectivity index (χ1v) is 8.81. The van der Waals surface area contributed by atoms with Gasteiger partial charge < -0.3 is 10.4 Å². The summed E-state index contributed by atoms with van der Waals surface area (Å²) >= 11 is 0. The van der Waals surface area contributed by atoms with E-state index in [0.29, 0.717) is 13.2 Å². The molecule has 8 nitrogen and oxygen atoms in total. The van der Waals surface area contributed by atoms with Crippen LogP contribution >= 0.6 is 0 Å². The van der Waals surface area contributed by atoms with Gasteiger partial charge in [0.1, 0.15) is 0 Å². The average molecular weight is 353 g/mol. The second-order valence-corrected chi connectivity index (χ2v) is 5.07. The first-order valence-electron chi connectivity index (χ1n) is 8.81. The summed E-state index contributed by atoms with van der Waals surface area (Å²) in [6, 6.07) is 0. The van der Waals surface area contributed by atoms with Gasteiger partial charge in [-0.3, -0.25) is 0 Å². The number of nitrogens with two attached hydrogens (primary N) is 1. The molecule has 146 valence electrons. The van der Waals surface area contributed by atoms with E-state index in [1.54, 1.807) is 20.8 Å². The molecule has 0 heterocycles. The van der Waals surface area contributed by atoms with Crippen molar-refractivity contribution >= 4 is 7.32 Å². The maximum Gasteiger partial charge on any atom is 0.725 e. The van der Waals surface area contributed by atoms with Crippen LogP contribution in [-0.2, 0) is 29.1 Å². The van der Waals surface area contributed by atoms with Gasteiger partial charge in [0, 0.05) is 6.92 Å². The first kappa shape index (κ1) is 26.0. The molecule has 24 heavy (non-hydrogen) atoms. The average Bonchev–Trinajstić information content (AvgIpc) is 2.60. The van der Waals surface area contributed by atoms with Gasteiger partial charge in [-0.05, 0) is 33.1 Å². The minimum atomic E-state index is -1.18. The Kier molecular flexibility index (Phi) is 19.0. The van der Waals surface area contributed by atoms with E-state index in [4.69, 9.17) is 34.2 Å². The van der Waals surface area contributed by atoms with E-state index in [0.717, 1.165) is 19.3 Å². The van der Waals surface area contributed by atoms with Crippen LogP contribution in [0.3, 0.4) is 0 Å². The summed E-state index contributed by atoms with van der Waals surface area (Å²) in [6.07, 6.45) is 2.97. The fourth-order valence-corrected chi connectivity index (χ4v) is 2.06. The molecule has 0 aromatic heterocycles. The molecule has 0 spiro atoms. The van der Waals surface area contributed by atoms with Crippen LogP contribution in [0, 0.1) is 0 Å². The van der Waals surface area contributed by atoms with E-state index in [1.807, 2.05) is 6.92 Å². The minimum absolute atomic E-state index is 0. The fourth-order valence-electron chi connectivity index (χ4n) is 2.06. The lowest BCUT2D eigenvalue weighted by Gasteiger charge is -2.30. The molecule has 0 rings (SSSR count). The van der Waals surface area contributed by atoms with Crippen LogP contribution < -0.4 is 10.4 Å². The summed E-state index contributed by atoms with van der Waals surface area (Å²) in [5.41, 5.74) is 0.153. The van der Waals surface area contributed by atoms with Crippen LogP contribution in [0.4, 0.5) is 0 Å². The van der Waals surface area contributed by atoms with Gasteiger partial charge in [0.2, 0.25) is 6.23 Å². The van der Waals surface area contributed by atoms with Crippen LogP contribution in [0.25, 0.3) is 0 Å². The normalized spacial score (nSPS) is 12.5. The third kappa shape index (κ3) is 13.1. The smallest absolute Gasteiger partial charge is 0.725 e. The Morgan fingerprint density at radius 3 is 1.62 bits per heavy atom. The molecular weight excluding hydrogens is 317 g/mol. The van der Waals surface area contributed by atoms with Gasteiger partial charge in [0.15, 0.2) is 0 Å². The maximum atomic E-state index is 8.93. The van der Waals surface area contributed by atoms with Gasteiger partial charge in [-0.1, -0.05) is 27.7 Å². The van der Waals surface area contributed by atoms with Gasteiger partial charge in [-0.15, -0.1) is 6.61 Å². The van der Waals surface area contributed by atoms with Crippen LogP contribution in [-0.4, -0.2) is 38.9 Å². The molecule has 0 saturated heterocycles. The second kappa shape index (κ2) is 17.6. The van der Waals surface area contributed by atoms with Crippen LogP contribution in [0.1, 0.15) is 67.7 Å². The zero-order chi connectivity index (χ0) is 18.8. The molecule has 0 fully saturated rings. The number of rotatable bonds is 14. The van der Waals surface area contributed by atoms with Gasteiger partial charge in [-0.2, -0.15) is 4.89 Å². The Labute approximate surface area is 147 Å². The Balaban J connectivity index is 0. The van der Waals surface area contributed by atoms with Gasteiger partial charge in [-0.25, -0.2) is 24.2 Å². The molecule has 0 aliphatic carbocycles. The number of hydrogen-bond donors (Lipinski definition) is 1. The highest BCUT2D eigenvalue weighted by molar-refractivity contribution is 6.35. The summed E-state index contributed by atoms with van der Waals surface area (Å²) in [5.74, 6) is 0. The third-order valence-electron chi connectivity index (χ3n) is 3.52. The van der Waals surface area contributed by atoms with Crippen molar-refractivity contribution in [3.63, 3.8) is 0 Å². The molecule has 0 amide bonds. The lowest BCUT2D eigenvalue weighted by molar-refractivity contribution is -0.801. The molecule has 1 atom stereocenters. The summed E-state index contributed by atoms with van der Waals surface area (Å²) in [5, 5.41) is 11.1.